The average Bonchev–Trinajstić information content (AvgIpc) is 3.20. The van der Waals surface area contributed by atoms with Crippen LogP contribution in [-0.2, 0) is 6.42 Å². The number of amides is 2. The fraction of sp³-hybridized carbons (Fsp3) is 0.154. The van der Waals surface area contributed by atoms with Crippen molar-refractivity contribution in [2.24, 2.45) is 5.10 Å². The molecule has 7 nitrogen and oxygen atoms in total. The van der Waals surface area contributed by atoms with Crippen LogP contribution in [0.4, 0.5) is 5.69 Å². The summed E-state index contributed by atoms with van der Waals surface area (Å²) in [7, 11) is 0. The van der Waals surface area contributed by atoms with Gasteiger partial charge in [0, 0.05) is 39.7 Å². The lowest BCUT2D eigenvalue weighted by molar-refractivity contribution is 0.0953. The van der Waals surface area contributed by atoms with Crippen molar-refractivity contribution in [1.82, 2.24) is 10.4 Å². The predicted molar refractivity (Wildman–Crippen MR) is 132 cm³/mol. The van der Waals surface area contributed by atoms with E-state index in [2.05, 4.69) is 20.8 Å². The zero-order chi connectivity index (χ0) is 23.7. The lowest BCUT2D eigenvalue weighted by atomic mass is 9.93. The van der Waals surface area contributed by atoms with Crippen molar-refractivity contribution in [3.05, 3.63) is 94.0 Å². The van der Waals surface area contributed by atoms with Gasteiger partial charge in [0.05, 0.1) is 16.9 Å². The van der Waals surface area contributed by atoms with E-state index in [-0.39, 0.29) is 17.6 Å². The summed E-state index contributed by atoms with van der Waals surface area (Å²) < 4.78 is 5.98. The standard InChI is InChI=1S/C26H21ClN4O3/c1-15-22-19(30-31-25(32)17-7-2-9-18(27)14-17)10-4-12-21(22)34-24(15)26(33)29-20-11-3-6-16-8-5-13-28-23(16)20/h2-3,5-9,11,13-14H,4,10,12H2,1H3,(H,29,33)(H,31,32)/b30-19+. The van der Waals surface area contributed by atoms with Gasteiger partial charge in [-0.3, -0.25) is 14.6 Å². The number of halogens is 1. The maximum absolute atomic E-state index is 13.1. The fourth-order valence-electron chi connectivity index (χ4n) is 4.19. The molecule has 1 aliphatic rings. The summed E-state index contributed by atoms with van der Waals surface area (Å²) in [6.07, 6.45) is 3.85. The third-order valence-electron chi connectivity index (χ3n) is 5.79. The molecule has 2 amide bonds. The van der Waals surface area contributed by atoms with Gasteiger partial charge >= 0.3 is 0 Å². The number of benzene rings is 2. The second-order valence-electron chi connectivity index (χ2n) is 8.05. The molecule has 0 aliphatic heterocycles. The Bertz CT molecular complexity index is 1450. The number of rotatable bonds is 4. The highest BCUT2D eigenvalue weighted by atomic mass is 35.5. The van der Waals surface area contributed by atoms with Crippen molar-refractivity contribution in [2.45, 2.75) is 26.2 Å². The number of para-hydroxylation sites is 1. The number of hydrogen-bond acceptors (Lipinski definition) is 5. The molecule has 2 aromatic heterocycles. The molecule has 0 atom stereocenters. The Morgan fingerprint density at radius 3 is 2.74 bits per heavy atom. The van der Waals surface area contributed by atoms with E-state index in [9.17, 15) is 9.59 Å². The summed E-state index contributed by atoms with van der Waals surface area (Å²) in [5.41, 5.74) is 6.49. The lowest BCUT2D eigenvalue weighted by Crippen LogP contribution is -2.22. The molecule has 2 aromatic carbocycles. The van der Waals surface area contributed by atoms with Gasteiger partial charge in [-0.1, -0.05) is 35.9 Å². The molecule has 8 heteroatoms. The minimum Gasteiger partial charge on any atom is -0.455 e. The Balaban J connectivity index is 1.41. The first-order valence-electron chi connectivity index (χ1n) is 10.9. The van der Waals surface area contributed by atoms with Crippen molar-refractivity contribution in [3.63, 3.8) is 0 Å². The average molecular weight is 473 g/mol. The van der Waals surface area contributed by atoms with E-state index in [1.165, 1.54) is 0 Å². The van der Waals surface area contributed by atoms with Gasteiger partial charge in [0.25, 0.3) is 11.8 Å². The highest BCUT2D eigenvalue weighted by molar-refractivity contribution is 6.31. The largest absolute Gasteiger partial charge is 0.455 e. The Labute approximate surface area is 200 Å². The molecule has 0 spiro atoms. The zero-order valence-corrected chi connectivity index (χ0v) is 19.1. The molecule has 2 N–H and O–H groups in total. The van der Waals surface area contributed by atoms with Gasteiger partial charge in [-0.05, 0) is 50.1 Å². The van der Waals surface area contributed by atoms with Crippen molar-refractivity contribution in [2.75, 3.05) is 5.32 Å². The number of anilines is 1. The van der Waals surface area contributed by atoms with Gasteiger partial charge in [-0.15, -0.1) is 0 Å². The zero-order valence-electron chi connectivity index (χ0n) is 18.4. The smallest absolute Gasteiger partial charge is 0.291 e. The Kier molecular flexibility index (Phi) is 5.86. The minimum absolute atomic E-state index is 0.230. The summed E-state index contributed by atoms with van der Waals surface area (Å²) in [4.78, 5) is 30.0. The van der Waals surface area contributed by atoms with Crippen LogP contribution < -0.4 is 10.7 Å². The second kappa shape index (κ2) is 9.11. The van der Waals surface area contributed by atoms with E-state index in [1.807, 2.05) is 37.3 Å². The van der Waals surface area contributed by atoms with E-state index >= 15 is 0 Å². The van der Waals surface area contributed by atoms with Crippen molar-refractivity contribution >= 4 is 45.7 Å². The maximum atomic E-state index is 13.1. The molecule has 34 heavy (non-hydrogen) atoms. The summed E-state index contributed by atoms with van der Waals surface area (Å²) in [5.74, 6) is 0.214. The molecule has 0 radical (unpaired) electrons. The second-order valence-corrected chi connectivity index (χ2v) is 8.49. The molecule has 5 rings (SSSR count). The van der Waals surface area contributed by atoms with Crippen LogP contribution in [0.25, 0.3) is 10.9 Å². The highest BCUT2D eigenvalue weighted by Crippen LogP contribution is 2.31. The number of carbonyl (C=O) groups is 2. The molecule has 1 aliphatic carbocycles. The number of aryl methyl sites for hydroxylation is 1. The van der Waals surface area contributed by atoms with Crippen molar-refractivity contribution in [3.8, 4) is 0 Å². The molecule has 170 valence electrons. The van der Waals surface area contributed by atoms with E-state index in [4.69, 9.17) is 16.0 Å². The monoisotopic (exact) mass is 472 g/mol. The number of nitrogens with zero attached hydrogens (tertiary/aromatic N) is 2. The van der Waals surface area contributed by atoms with Crippen LogP contribution in [0.5, 0.6) is 0 Å². The van der Waals surface area contributed by atoms with Crippen molar-refractivity contribution in [1.29, 1.82) is 0 Å². The van der Waals surface area contributed by atoms with Crippen LogP contribution in [0.1, 0.15) is 50.6 Å². The number of hydrogen-bond donors (Lipinski definition) is 2. The molecule has 4 aromatic rings. The van der Waals surface area contributed by atoms with Crippen LogP contribution in [0.3, 0.4) is 0 Å². The molecule has 0 saturated heterocycles. The number of hydrazone groups is 1. The minimum atomic E-state index is -0.357. The third-order valence-corrected chi connectivity index (χ3v) is 6.03. The number of pyridine rings is 1. The lowest BCUT2D eigenvalue weighted by Gasteiger charge is -2.13. The van der Waals surface area contributed by atoms with Crippen molar-refractivity contribution < 1.29 is 14.0 Å². The summed E-state index contributed by atoms with van der Waals surface area (Å²) in [6, 6.07) is 16.1. The number of nitrogens with one attached hydrogen (secondary N) is 2. The first kappa shape index (κ1) is 21.9. The maximum Gasteiger partial charge on any atom is 0.291 e. The SMILES string of the molecule is Cc1c(C(=O)Nc2cccc3cccnc23)oc2c1/C(=N/NC(=O)c1cccc(Cl)c1)CCC2. The number of aromatic nitrogens is 1. The van der Waals surface area contributed by atoms with E-state index in [0.717, 1.165) is 17.4 Å². The molecule has 0 unspecified atom stereocenters. The third kappa shape index (κ3) is 4.18. The topological polar surface area (TPSA) is 96.6 Å². The van der Waals surface area contributed by atoms with Gasteiger partial charge in [0.2, 0.25) is 0 Å². The molecule has 0 bridgehead atoms. The molecular formula is C26H21ClN4O3. The summed E-state index contributed by atoms with van der Waals surface area (Å²) >= 11 is 5.98. The molecule has 0 fully saturated rings. The van der Waals surface area contributed by atoms with E-state index in [0.29, 0.717) is 51.7 Å². The van der Waals surface area contributed by atoms with Gasteiger partial charge in [-0.2, -0.15) is 5.10 Å². The molecular weight excluding hydrogens is 452 g/mol. The van der Waals surface area contributed by atoms with Gasteiger partial charge in [0.15, 0.2) is 5.76 Å². The first-order chi connectivity index (χ1) is 16.5. The summed E-state index contributed by atoms with van der Waals surface area (Å²) in [6.45, 7) is 1.83. The number of carbonyl (C=O) groups excluding carboxylic acids is 2. The van der Waals surface area contributed by atoms with Crippen LogP contribution in [0, 0.1) is 6.92 Å². The predicted octanol–water partition coefficient (Wildman–Crippen LogP) is 5.51. The first-order valence-corrected chi connectivity index (χ1v) is 11.3. The van der Waals surface area contributed by atoms with Gasteiger partial charge in [0.1, 0.15) is 5.76 Å². The molecule has 2 heterocycles. The quantitative estimate of drug-likeness (QED) is 0.382. The highest BCUT2D eigenvalue weighted by Gasteiger charge is 2.28. The van der Waals surface area contributed by atoms with Crippen LogP contribution >= 0.6 is 11.6 Å². The normalized spacial score (nSPS) is 14.1. The molecule has 0 saturated carbocycles. The van der Waals surface area contributed by atoms with Crippen LogP contribution in [0.15, 0.2) is 70.3 Å². The van der Waals surface area contributed by atoms with Crippen LogP contribution in [0.2, 0.25) is 5.02 Å². The fourth-order valence-corrected chi connectivity index (χ4v) is 4.38. The van der Waals surface area contributed by atoms with E-state index < -0.39 is 0 Å². The van der Waals surface area contributed by atoms with Crippen LogP contribution in [-0.4, -0.2) is 22.5 Å². The Morgan fingerprint density at radius 2 is 1.88 bits per heavy atom. The Morgan fingerprint density at radius 1 is 1.06 bits per heavy atom. The van der Waals surface area contributed by atoms with E-state index in [1.54, 1.807) is 30.5 Å². The van der Waals surface area contributed by atoms with Gasteiger partial charge in [-0.25, -0.2) is 5.43 Å². The Hall–Kier alpha value is -3.97. The number of fused-ring (bicyclic) bond motifs is 2. The summed E-state index contributed by atoms with van der Waals surface area (Å²) in [5, 5.41) is 8.69. The number of furan rings is 1. The van der Waals surface area contributed by atoms with Gasteiger partial charge < -0.3 is 9.73 Å².